The summed E-state index contributed by atoms with van der Waals surface area (Å²) in [7, 11) is 0. The van der Waals surface area contributed by atoms with E-state index >= 15 is 0 Å². The fourth-order valence-electron chi connectivity index (χ4n) is 2.98. The summed E-state index contributed by atoms with van der Waals surface area (Å²) in [4.78, 5) is 10.8. The minimum absolute atomic E-state index is 0.103. The van der Waals surface area contributed by atoms with Gasteiger partial charge in [-0.25, -0.2) is 9.97 Å². The number of para-hydroxylation sites is 1. The van der Waals surface area contributed by atoms with Crippen LogP contribution < -0.4 is 0 Å². The molecule has 0 atom stereocenters. The third-order valence-corrected chi connectivity index (χ3v) is 4.36. The summed E-state index contributed by atoms with van der Waals surface area (Å²) >= 11 is 0. The van der Waals surface area contributed by atoms with Crippen molar-refractivity contribution in [2.75, 3.05) is 13.1 Å². The Labute approximate surface area is 153 Å². The van der Waals surface area contributed by atoms with Crippen LogP contribution in [0.2, 0.25) is 0 Å². The average molecular weight is 352 g/mol. The Morgan fingerprint density at radius 3 is 2.35 bits per heavy atom. The number of hydrogen-bond acceptors (Lipinski definition) is 6. The number of aryl methyl sites for hydroxylation is 2. The van der Waals surface area contributed by atoms with Crippen molar-refractivity contribution in [2.45, 2.75) is 34.4 Å². The molecule has 7 heteroatoms. The Balaban J connectivity index is 2.05. The second-order valence-electron chi connectivity index (χ2n) is 6.21. The monoisotopic (exact) mass is 352 g/mol. The predicted molar refractivity (Wildman–Crippen MR) is 102 cm³/mol. The van der Waals surface area contributed by atoms with Gasteiger partial charge in [0.15, 0.2) is 5.69 Å². The molecule has 0 aliphatic heterocycles. The summed E-state index contributed by atoms with van der Waals surface area (Å²) < 4.78 is 1.86. The first-order valence-corrected chi connectivity index (χ1v) is 8.80. The van der Waals surface area contributed by atoms with Gasteiger partial charge in [0.05, 0.1) is 12.2 Å². The Morgan fingerprint density at radius 1 is 1.04 bits per heavy atom. The Hall–Kier alpha value is -2.80. The summed E-state index contributed by atoms with van der Waals surface area (Å²) in [5.41, 5.74) is 3.03. The van der Waals surface area contributed by atoms with Crippen LogP contribution in [0.3, 0.4) is 0 Å². The summed E-state index contributed by atoms with van der Waals surface area (Å²) in [5.74, 6) is 0.397. The maximum atomic E-state index is 10.8. The van der Waals surface area contributed by atoms with Crippen molar-refractivity contribution >= 4 is 22.5 Å². The molecule has 0 spiro atoms. The lowest BCUT2D eigenvalue weighted by Gasteiger charge is -2.19. The molecule has 0 bridgehead atoms. The number of azo groups is 1. The third-order valence-electron chi connectivity index (χ3n) is 4.36. The SMILES string of the molecule is CCN(CC)Cn1c(O)c(N=Nc2nc(C)cc(C)n2)c2ccccc21. The van der Waals surface area contributed by atoms with Gasteiger partial charge >= 0.3 is 0 Å². The maximum Gasteiger partial charge on any atom is 0.269 e. The molecule has 26 heavy (non-hydrogen) atoms. The molecule has 1 N–H and O–H groups in total. The van der Waals surface area contributed by atoms with E-state index in [4.69, 9.17) is 0 Å². The van der Waals surface area contributed by atoms with Gasteiger partial charge in [0.1, 0.15) is 0 Å². The van der Waals surface area contributed by atoms with E-state index in [2.05, 4.69) is 38.9 Å². The molecule has 3 rings (SSSR count). The average Bonchev–Trinajstić information content (AvgIpc) is 2.88. The van der Waals surface area contributed by atoms with Crippen LogP contribution in [0, 0.1) is 13.8 Å². The van der Waals surface area contributed by atoms with Crippen molar-refractivity contribution in [1.82, 2.24) is 19.4 Å². The van der Waals surface area contributed by atoms with Gasteiger partial charge in [-0.2, -0.15) is 0 Å². The molecule has 0 radical (unpaired) electrons. The lowest BCUT2D eigenvalue weighted by Crippen LogP contribution is -2.25. The van der Waals surface area contributed by atoms with Gasteiger partial charge in [-0.1, -0.05) is 32.0 Å². The van der Waals surface area contributed by atoms with Crippen LogP contribution in [-0.4, -0.2) is 37.6 Å². The highest BCUT2D eigenvalue weighted by Crippen LogP contribution is 2.39. The molecule has 0 aliphatic rings. The van der Waals surface area contributed by atoms with E-state index < -0.39 is 0 Å². The maximum absolute atomic E-state index is 10.8. The highest BCUT2D eigenvalue weighted by atomic mass is 16.3. The van der Waals surface area contributed by atoms with E-state index in [0.717, 1.165) is 35.4 Å². The van der Waals surface area contributed by atoms with Crippen LogP contribution in [0.4, 0.5) is 11.6 Å². The van der Waals surface area contributed by atoms with Crippen LogP contribution >= 0.6 is 0 Å². The van der Waals surface area contributed by atoms with Gasteiger partial charge in [-0.05, 0) is 39.1 Å². The number of aromatic hydroxyl groups is 1. The molecule has 0 fully saturated rings. The molecule has 0 unspecified atom stereocenters. The smallest absolute Gasteiger partial charge is 0.269 e. The zero-order valence-electron chi connectivity index (χ0n) is 15.6. The normalized spacial score (nSPS) is 11.9. The number of nitrogens with zero attached hydrogens (tertiary/aromatic N) is 6. The second-order valence-corrected chi connectivity index (χ2v) is 6.21. The molecule has 1 aromatic carbocycles. The minimum atomic E-state index is 0.103. The molecule has 2 heterocycles. The first-order chi connectivity index (χ1) is 12.5. The molecule has 0 amide bonds. The number of aromatic nitrogens is 3. The van der Waals surface area contributed by atoms with E-state index in [1.807, 2.05) is 48.7 Å². The van der Waals surface area contributed by atoms with Crippen molar-refractivity contribution < 1.29 is 5.11 Å². The van der Waals surface area contributed by atoms with Gasteiger partial charge < -0.3 is 5.11 Å². The Morgan fingerprint density at radius 2 is 1.69 bits per heavy atom. The zero-order valence-corrected chi connectivity index (χ0v) is 15.6. The van der Waals surface area contributed by atoms with Crippen molar-refractivity contribution in [3.8, 4) is 5.88 Å². The highest BCUT2D eigenvalue weighted by molar-refractivity contribution is 5.94. The fraction of sp³-hybridized carbons (Fsp3) is 0.368. The van der Waals surface area contributed by atoms with Crippen molar-refractivity contribution in [3.63, 3.8) is 0 Å². The van der Waals surface area contributed by atoms with Crippen LogP contribution in [0.5, 0.6) is 5.88 Å². The number of rotatable bonds is 6. The molecule has 0 aliphatic carbocycles. The topological polar surface area (TPSA) is 78.9 Å². The third kappa shape index (κ3) is 3.57. The van der Waals surface area contributed by atoms with Gasteiger partial charge in [0.25, 0.3) is 5.95 Å². The molecular weight excluding hydrogens is 328 g/mol. The van der Waals surface area contributed by atoms with Crippen LogP contribution in [-0.2, 0) is 6.67 Å². The molecule has 0 saturated heterocycles. The van der Waals surface area contributed by atoms with E-state index in [0.29, 0.717) is 18.3 Å². The highest BCUT2D eigenvalue weighted by Gasteiger charge is 2.17. The van der Waals surface area contributed by atoms with Crippen LogP contribution in [0.15, 0.2) is 40.6 Å². The Bertz CT molecular complexity index is 922. The predicted octanol–water partition coefficient (Wildman–Crippen LogP) is 4.47. The van der Waals surface area contributed by atoms with Gasteiger partial charge in [-0.3, -0.25) is 9.47 Å². The number of fused-ring (bicyclic) bond motifs is 1. The number of benzene rings is 1. The zero-order chi connectivity index (χ0) is 18.7. The summed E-state index contributed by atoms with van der Waals surface area (Å²) in [5, 5.41) is 20.1. The summed E-state index contributed by atoms with van der Waals surface area (Å²) in [6.45, 7) is 10.4. The van der Waals surface area contributed by atoms with Crippen molar-refractivity contribution in [2.24, 2.45) is 10.2 Å². The number of hydrogen-bond donors (Lipinski definition) is 1. The second kappa shape index (κ2) is 7.61. The quantitative estimate of drug-likeness (QED) is 0.664. The lowest BCUT2D eigenvalue weighted by molar-refractivity contribution is 0.233. The van der Waals surface area contributed by atoms with E-state index in [1.165, 1.54) is 0 Å². The van der Waals surface area contributed by atoms with Crippen molar-refractivity contribution in [1.29, 1.82) is 0 Å². The Kier molecular flexibility index (Phi) is 5.27. The van der Waals surface area contributed by atoms with Crippen LogP contribution in [0.1, 0.15) is 25.2 Å². The molecule has 2 aromatic heterocycles. The van der Waals surface area contributed by atoms with E-state index in [1.54, 1.807) is 0 Å². The molecule has 3 aromatic rings. The fourth-order valence-corrected chi connectivity index (χ4v) is 2.98. The lowest BCUT2D eigenvalue weighted by atomic mass is 10.2. The first-order valence-electron chi connectivity index (χ1n) is 8.80. The molecule has 136 valence electrons. The summed E-state index contributed by atoms with van der Waals surface area (Å²) in [6.07, 6.45) is 0. The van der Waals surface area contributed by atoms with Gasteiger partial charge in [0.2, 0.25) is 5.88 Å². The van der Waals surface area contributed by atoms with Gasteiger partial charge in [-0.15, -0.1) is 10.2 Å². The van der Waals surface area contributed by atoms with Crippen molar-refractivity contribution in [3.05, 3.63) is 41.7 Å². The standard InChI is InChI=1S/C19H24N6O/c1-5-24(6-2)12-25-16-10-8-7-9-15(16)17(18(25)26)22-23-19-20-13(3)11-14(4)21-19/h7-11,26H,5-6,12H2,1-4H3. The van der Waals surface area contributed by atoms with E-state index in [-0.39, 0.29) is 5.88 Å². The first kappa shape index (κ1) is 18.0. The molecule has 7 nitrogen and oxygen atoms in total. The minimum Gasteiger partial charge on any atom is -0.493 e. The molecule has 0 saturated carbocycles. The molecular formula is C19H24N6O. The summed E-state index contributed by atoms with van der Waals surface area (Å²) in [6, 6.07) is 9.67. The van der Waals surface area contributed by atoms with E-state index in [9.17, 15) is 5.11 Å². The van der Waals surface area contributed by atoms with Crippen LogP contribution in [0.25, 0.3) is 10.9 Å². The van der Waals surface area contributed by atoms with Gasteiger partial charge in [0, 0.05) is 16.8 Å². The largest absolute Gasteiger partial charge is 0.493 e.